The van der Waals surface area contributed by atoms with E-state index in [4.69, 9.17) is 5.73 Å². The Morgan fingerprint density at radius 3 is 2.71 bits per heavy atom. The van der Waals surface area contributed by atoms with Crippen LogP contribution in [0.2, 0.25) is 0 Å². The highest BCUT2D eigenvalue weighted by Gasteiger charge is 2.17. The van der Waals surface area contributed by atoms with Crippen LogP contribution in [0.15, 0.2) is 40.9 Å². The molecule has 5 nitrogen and oxygen atoms in total. The third kappa shape index (κ3) is 2.42. The summed E-state index contributed by atoms with van der Waals surface area (Å²) in [6.45, 7) is 4.03. The van der Waals surface area contributed by atoms with Crippen LogP contribution in [0.5, 0.6) is 0 Å². The van der Waals surface area contributed by atoms with Crippen LogP contribution in [-0.2, 0) is 0 Å². The SMILES string of the molecule is Cc1ccc(Br)c(-n2nnnc2-c2c(C)cccc2N)c1. The number of hydrogen-bond donors (Lipinski definition) is 1. The Kier molecular flexibility index (Phi) is 3.47. The van der Waals surface area contributed by atoms with E-state index in [0.717, 1.165) is 26.9 Å². The molecule has 1 heterocycles. The van der Waals surface area contributed by atoms with Crippen molar-refractivity contribution in [3.63, 3.8) is 0 Å². The number of tetrazole rings is 1. The normalized spacial score (nSPS) is 10.8. The van der Waals surface area contributed by atoms with Gasteiger partial charge in [-0.15, -0.1) is 5.10 Å². The van der Waals surface area contributed by atoms with Crippen molar-refractivity contribution in [2.24, 2.45) is 0 Å². The highest BCUT2D eigenvalue weighted by molar-refractivity contribution is 9.10. The molecule has 3 rings (SSSR count). The van der Waals surface area contributed by atoms with Crippen LogP contribution in [0, 0.1) is 13.8 Å². The summed E-state index contributed by atoms with van der Waals surface area (Å²) in [7, 11) is 0. The van der Waals surface area contributed by atoms with Crippen molar-refractivity contribution in [3.05, 3.63) is 52.0 Å². The molecular weight excluding hydrogens is 330 g/mol. The Morgan fingerprint density at radius 2 is 1.95 bits per heavy atom. The number of hydrogen-bond acceptors (Lipinski definition) is 4. The summed E-state index contributed by atoms with van der Waals surface area (Å²) >= 11 is 3.55. The van der Waals surface area contributed by atoms with E-state index in [2.05, 4.69) is 31.5 Å². The van der Waals surface area contributed by atoms with Gasteiger partial charge in [0.05, 0.1) is 5.69 Å². The second-order valence-electron chi connectivity index (χ2n) is 4.91. The van der Waals surface area contributed by atoms with Crippen LogP contribution in [0.25, 0.3) is 17.1 Å². The van der Waals surface area contributed by atoms with Gasteiger partial charge in [-0.25, -0.2) is 0 Å². The van der Waals surface area contributed by atoms with Gasteiger partial charge >= 0.3 is 0 Å². The highest BCUT2D eigenvalue weighted by Crippen LogP contribution is 2.30. The summed E-state index contributed by atoms with van der Waals surface area (Å²) in [4.78, 5) is 0. The molecule has 2 N–H and O–H groups in total. The van der Waals surface area contributed by atoms with Crippen LogP contribution in [0.4, 0.5) is 5.69 Å². The lowest BCUT2D eigenvalue weighted by Crippen LogP contribution is -2.04. The summed E-state index contributed by atoms with van der Waals surface area (Å²) in [6.07, 6.45) is 0. The Morgan fingerprint density at radius 1 is 1.14 bits per heavy atom. The quantitative estimate of drug-likeness (QED) is 0.725. The van der Waals surface area contributed by atoms with E-state index in [1.54, 1.807) is 4.68 Å². The topological polar surface area (TPSA) is 69.6 Å². The van der Waals surface area contributed by atoms with E-state index in [1.165, 1.54) is 0 Å². The molecule has 3 aromatic rings. The number of nitrogen functional groups attached to an aromatic ring is 1. The van der Waals surface area contributed by atoms with Crippen LogP contribution in [0.1, 0.15) is 11.1 Å². The van der Waals surface area contributed by atoms with Gasteiger partial charge in [-0.2, -0.15) is 4.68 Å². The molecule has 0 aliphatic heterocycles. The van der Waals surface area contributed by atoms with Crippen molar-refractivity contribution in [1.82, 2.24) is 20.2 Å². The average Bonchev–Trinajstić information content (AvgIpc) is 2.90. The van der Waals surface area contributed by atoms with Crippen LogP contribution >= 0.6 is 15.9 Å². The smallest absolute Gasteiger partial charge is 0.189 e. The fraction of sp³-hybridized carbons (Fsp3) is 0.133. The maximum Gasteiger partial charge on any atom is 0.189 e. The lowest BCUT2D eigenvalue weighted by atomic mass is 10.1. The zero-order valence-electron chi connectivity index (χ0n) is 11.7. The summed E-state index contributed by atoms with van der Waals surface area (Å²) in [6, 6.07) is 11.8. The number of nitrogens with zero attached hydrogens (tertiary/aromatic N) is 4. The maximum absolute atomic E-state index is 6.11. The second-order valence-corrected chi connectivity index (χ2v) is 5.76. The molecule has 106 valence electrons. The van der Waals surface area contributed by atoms with Gasteiger partial charge in [0.1, 0.15) is 0 Å². The molecule has 0 aliphatic rings. The first-order valence-electron chi connectivity index (χ1n) is 6.48. The molecule has 2 aromatic carbocycles. The number of benzene rings is 2. The molecule has 1 aromatic heterocycles. The molecule has 0 saturated heterocycles. The first-order chi connectivity index (χ1) is 10.1. The molecule has 6 heteroatoms. The van der Waals surface area contributed by atoms with E-state index in [9.17, 15) is 0 Å². The Hall–Kier alpha value is -2.21. The molecule has 0 aliphatic carbocycles. The van der Waals surface area contributed by atoms with Gasteiger partial charge in [0.2, 0.25) is 0 Å². The van der Waals surface area contributed by atoms with Crippen LogP contribution in [-0.4, -0.2) is 20.2 Å². The van der Waals surface area contributed by atoms with Crippen molar-refractivity contribution >= 4 is 21.6 Å². The Bertz CT molecular complexity index is 789. The molecule has 0 radical (unpaired) electrons. The third-order valence-corrected chi connectivity index (χ3v) is 4.00. The van der Waals surface area contributed by atoms with E-state index in [0.29, 0.717) is 11.5 Å². The van der Waals surface area contributed by atoms with Gasteiger partial charge in [-0.3, -0.25) is 0 Å². The summed E-state index contributed by atoms with van der Waals surface area (Å²) < 4.78 is 2.63. The number of rotatable bonds is 2. The van der Waals surface area contributed by atoms with Gasteiger partial charge in [0, 0.05) is 15.7 Å². The van der Waals surface area contributed by atoms with Gasteiger partial charge in [0.25, 0.3) is 0 Å². The third-order valence-electron chi connectivity index (χ3n) is 3.33. The zero-order valence-corrected chi connectivity index (χ0v) is 13.3. The van der Waals surface area contributed by atoms with E-state index in [1.807, 2.05) is 50.2 Å². The van der Waals surface area contributed by atoms with Gasteiger partial charge < -0.3 is 5.73 Å². The average molecular weight is 344 g/mol. The first kappa shape index (κ1) is 13.8. The summed E-state index contributed by atoms with van der Waals surface area (Å²) in [5.41, 5.74) is 10.7. The lowest BCUT2D eigenvalue weighted by Gasteiger charge is -2.11. The molecule has 0 fully saturated rings. The molecule has 0 atom stereocenters. The zero-order chi connectivity index (χ0) is 15.0. The standard InChI is InChI=1S/C15H14BrN5/c1-9-6-7-11(16)13(8-9)21-15(18-19-20-21)14-10(2)4-3-5-12(14)17/h3-8H,17H2,1-2H3. The molecule has 0 spiro atoms. The predicted octanol–water partition coefficient (Wildman–Crippen LogP) is 3.29. The summed E-state index contributed by atoms with van der Waals surface area (Å²) in [5.74, 6) is 0.636. The van der Waals surface area contributed by atoms with Crippen molar-refractivity contribution in [2.45, 2.75) is 13.8 Å². The van der Waals surface area contributed by atoms with Crippen LogP contribution in [0.3, 0.4) is 0 Å². The second kappa shape index (κ2) is 5.29. The highest BCUT2D eigenvalue weighted by atomic mass is 79.9. The molecule has 21 heavy (non-hydrogen) atoms. The van der Waals surface area contributed by atoms with E-state index in [-0.39, 0.29) is 0 Å². The largest absolute Gasteiger partial charge is 0.398 e. The fourth-order valence-electron chi connectivity index (χ4n) is 2.29. The fourth-order valence-corrected chi connectivity index (χ4v) is 2.70. The predicted molar refractivity (Wildman–Crippen MR) is 86.2 cm³/mol. The number of aromatic nitrogens is 4. The number of anilines is 1. The monoisotopic (exact) mass is 343 g/mol. The van der Waals surface area contributed by atoms with Gasteiger partial charge in [-0.1, -0.05) is 18.2 Å². The molecule has 0 bridgehead atoms. The lowest BCUT2D eigenvalue weighted by molar-refractivity contribution is 0.788. The minimum absolute atomic E-state index is 0.636. The van der Waals surface area contributed by atoms with Crippen molar-refractivity contribution in [1.29, 1.82) is 0 Å². The Balaban J connectivity index is 2.25. The number of aryl methyl sites for hydroxylation is 2. The minimum atomic E-state index is 0.636. The number of nitrogens with two attached hydrogens (primary N) is 1. The molecule has 0 saturated carbocycles. The minimum Gasteiger partial charge on any atom is -0.398 e. The van der Waals surface area contributed by atoms with Crippen molar-refractivity contribution in [2.75, 3.05) is 5.73 Å². The van der Waals surface area contributed by atoms with Crippen molar-refractivity contribution < 1.29 is 0 Å². The summed E-state index contributed by atoms with van der Waals surface area (Å²) in [5, 5.41) is 12.1. The van der Waals surface area contributed by atoms with Gasteiger partial charge in [-0.05, 0) is 69.5 Å². The maximum atomic E-state index is 6.11. The van der Waals surface area contributed by atoms with E-state index < -0.39 is 0 Å². The first-order valence-corrected chi connectivity index (χ1v) is 7.27. The van der Waals surface area contributed by atoms with Crippen molar-refractivity contribution in [3.8, 4) is 17.1 Å². The van der Waals surface area contributed by atoms with E-state index >= 15 is 0 Å². The van der Waals surface area contributed by atoms with Gasteiger partial charge in [0.15, 0.2) is 5.82 Å². The number of halogens is 1. The molecule has 0 amide bonds. The molecule has 0 unspecified atom stereocenters. The molecular formula is C15H14BrN5. The Labute approximate surface area is 130 Å². The van der Waals surface area contributed by atoms with Crippen LogP contribution < -0.4 is 5.73 Å².